The van der Waals surface area contributed by atoms with Gasteiger partial charge in [-0.05, 0) is 43.5 Å². The standard InChI is InChI=1S/C16H25N3/c1-3-8-17-13-14-11-15(4-2)18-16(12-14)19-9-6-5-7-10-19/h5-6,11-12,17H,3-4,7-10,13H2,1-2H3. The lowest BCUT2D eigenvalue weighted by atomic mass is 10.1. The van der Waals surface area contributed by atoms with Gasteiger partial charge in [0, 0.05) is 25.3 Å². The minimum atomic E-state index is 0.944. The quantitative estimate of drug-likeness (QED) is 0.629. The summed E-state index contributed by atoms with van der Waals surface area (Å²) in [6, 6.07) is 4.47. The van der Waals surface area contributed by atoms with Crippen molar-refractivity contribution in [3.05, 3.63) is 35.5 Å². The fourth-order valence-corrected chi connectivity index (χ4v) is 2.34. The molecule has 0 fully saturated rings. The van der Waals surface area contributed by atoms with Gasteiger partial charge in [0.25, 0.3) is 0 Å². The number of nitrogens with one attached hydrogen (secondary N) is 1. The fourth-order valence-electron chi connectivity index (χ4n) is 2.34. The maximum absolute atomic E-state index is 4.77. The maximum Gasteiger partial charge on any atom is 0.129 e. The number of nitrogens with zero attached hydrogens (tertiary/aromatic N) is 2. The Hall–Kier alpha value is -1.35. The second-order valence-corrected chi connectivity index (χ2v) is 5.06. The number of pyridine rings is 1. The number of hydrogen-bond donors (Lipinski definition) is 1. The third kappa shape index (κ3) is 4.06. The van der Waals surface area contributed by atoms with Gasteiger partial charge in [-0.15, -0.1) is 0 Å². The highest BCUT2D eigenvalue weighted by molar-refractivity contribution is 5.44. The van der Waals surface area contributed by atoms with E-state index in [0.29, 0.717) is 0 Å². The van der Waals surface area contributed by atoms with Crippen molar-refractivity contribution >= 4 is 5.82 Å². The molecule has 0 spiro atoms. The summed E-state index contributed by atoms with van der Waals surface area (Å²) in [5, 5.41) is 3.47. The van der Waals surface area contributed by atoms with Crippen LogP contribution in [0.1, 0.15) is 37.9 Å². The van der Waals surface area contributed by atoms with Gasteiger partial charge in [0.1, 0.15) is 5.82 Å². The lowest BCUT2D eigenvalue weighted by Crippen LogP contribution is -2.28. The first-order valence-corrected chi connectivity index (χ1v) is 7.44. The van der Waals surface area contributed by atoms with Gasteiger partial charge in [-0.1, -0.05) is 26.0 Å². The first-order valence-electron chi connectivity index (χ1n) is 7.44. The van der Waals surface area contributed by atoms with Crippen LogP contribution in [0.3, 0.4) is 0 Å². The van der Waals surface area contributed by atoms with E-state index in [4.69, 9.17) is 4.98 Å². The zero-order valence-corrected chi connectivity index (χ0v) is 12.2. The van der Waals surface area contributed by atoms with E-state index in [2.05, 4.69) is 48.3 Å². The van der Waals surface area contributed by atoms with E-state index in [0.717, 1.165) is 44.8 Å². The molecule has 0 saturated carbocycles. The van der Waals surface area contributed by atoms with Gasteiger partial charge in [-0.2, -0.15) is 0 Å². The van der Waals surface area contributed by atoms with Crippen LogP contribution in [0.5, 0.6) is 0 Å². The van der Waals surface area contributed by atoms with Crippen molar-refractivity contribution in [1.29, 1.82) is 0 Å². The van der Waals surface area contributed by atoms with Crippen LogP contribution in [-0.2, 0) is 13.0 Å². The summed E-state index contributed by atoms with van der Waals surface area (Å²) in [6.45, 7) is 8.46. The largest absolute Gasteiger partial charge is 0.353 e. The van der Waals surface area contributed by atoms with E-state index in [1.54, 1.807) is 0 Å². The Labute approximate surface area is 116 Å². The van der Waals surface area contributed by atoms with Crippen molar-refractivity contribution in [2.24, 2.45) is 0 Å². The number of aromatic nitrogens is 1. The van der Waals surface area contributed by atoms with Gasteiger partial charge in [-0.3, -0.25) is 0 Å². The maximum atomic E-state index is 4.77. The average Bonchev–Trinajstić information content (AvgIpc) is 2.48. The van der Waals surface area contributed by atoms with Gasteiger partial charge in [0.15, 0.2) is 0 Å². The molecule has 3 nitrogen and oxygen atoms in total. The van der Waals surface area contributed by atoms with E-state index >= 15 is 0 Å². The van der Waals surface area contributed by atoms with Crippen LogP contribution in [0.2, 0.25) is 0 Å². The molecule has 0 unspecified atom stereocenters. The number of hydrogen-bond acceptors (Lipinski definition) is 3. The molecule has 0 bridgehead atoms. The molecule has 1 aliphatic rings. The molecule has 0 amide bonds. The molecule has 1 N–H and O–H groups in total. The van der Waals surface area contributed by atoms with Crippen LogP contribution in [-0.4, -0.2) is 24.6 Å². The molecule has 1 aromatic rings. The van der Waals surface area contributed by atoms with Gasteiger partial charge in [0.05, 0.1) is 0 Å². The SMILES string of the molecule is CCCNCc1cc(CC)nc(N2CC=CCC2)c1. The van der Waals surface area contributed by atoms with Gasteiger partial charge >= 0.3 is 0 Å². The topological polar surface area (TPSA) is 28.2 Å². The molecular formula is C16H25N3. The van der Waals surface area contributed by atoms with Crippen molar-refractivity contribution < 1.29 is 0 Å². The van der Waals surface area contributed by atoms with Crippen LogP contribution in [0.15, 0.2) is 24.3 Å². The van der Waals surface area contributed by atoms with Crippen molar-refractivity contribution in [1.82, 2.24) is 10.3 Å². The van der Waals surface area contributed by atoms with Crippen LogP contribution < -0.4 is 10.2 Å². The molecule has 2 heterocycles. The highest BCUT2D eigenvalue weighted by Crippen LogP contribution is 2.18. The predicted octanol–water partition coefficient (Wildman–Crippen LogP) is 2.91. The average molecular weight is 259 g/mol. The first kappa shape index (κ1) is 14.1. The molecular weight excluding hydrogens is 234 g/mol. The van der Waals surface area contributed by atoms with Crippen molar-refractivity contribution in [3.8, 4) is 0 Å². The van der Waals surface area contributed by atoms with Gasteiger partial charge in [-0.25, -0.2) is 4.98 Å². The number of aryl methyl sites for hydroxylation is 1. The zero-order chi connectivity index (χ0) is 13.5. The van der Waals surface area contributed by atoms with Crippen LogP contribution in [0.25, 0.3) is 0 Å². The third-order valence-corrected chi connectivity index (χ3v) is 3.42. The third-order valence-electron chi connectivity index (χ3n) is 3.42. The molecule has 0 aromatic carbocycles. The molecule has 0 saturated heterocycles. The highest BCUT2D eigenvalue weighted by Gasteiger charge is 2.10. The Bertz CT molecular complexity index is 426. The summed E-state index contributed by atoms with van der Waals surface area (Å²) in [7, 11) is 0. The minimum Gasteiger partial charge on any atom is -0.353 e. The summed E-state index contributed by atoms with van der Waals surface area (Å²) in [4.78, 5) is 7.13. The monoisotopic (exact) mass is 259 g/mol. The summed E-state index contributed by atoms with van der Waals surface area (Å²) in [6.07, 6.45) is 7.79. The molecule has 104 valence electrons. The summed E-state index contributed by atoms with van der Waals surface area (Å²) in [5.74, 6) is 1.14. The van der Waals surface area contributed by atoms with E-state index in [-0.39, 0.29) is 0 Å². The van der Waals surface area contributed by atoms with Gasteiger partial charge < -0.3 is 10.2 Å². The lowest BCUT2D eigenvalue weighted by Gasteiger charge is -2.25. The molecule has 0 radical (unpaired) electrons. The van der Waals surface area contributed by atoms with Crippen LogP contribution >= 0.6 is 0 Å². The second kappa shape index (κ2) is 7.29. The summed E-state index contributed by atoms with van der Waals surface area (Å²) < 4.78 is 0. The molecule has 1 aliphatic heterocycles. The Morgan fingerprint density at radius 1 is 1.26 bits per heavy atom. The molecule has 19 heavy (non-hydrogen) atoms. The Kier molecular flexibility index (Phi) is 5.40. The van der Waals surface area contributed by atoms with E-state index < -0.39 is 0 Å². The second-order valence-electron chi connectivity index (χ2n) is 5.06. The number of anilines is 1. The molecule has 0 aliphatic carbocycles. The smallest absolute Gasteiger partial charge is 0.129 e. The number of rotatable bonds is 6. The van der Waals surface area contributed by atoms with Crippen LogP contribution in [0, 0.1) is 0 Å². The normalized spacial score (nSPS) is 14.9. The Morgan fingerprint density at radius 3 is 2.84 bits per heavy atom. The Morgan fingerprint density at radius 2 is 2.16 bits per heavy atom. The van der Waals surface area contributed by atoms with Gasteiger partial charge in [0.2, 0.25) is 0 Å². The fraction of sp³-hybridized carbons (Fsp3) is 0.562. The summed E-state index contributed by atoms with van der Waals surface area (Å²) >= 11 is 0. The van der Waals surface area contributed by atoms with Crippen LogP contribution in [0.4, 0.5) is 5.82 Å². The van der Waals surface area contributed by atoms with Crippen molar-refractivity contribution in [2.75, 3.05) is 24.5 Å². The molecule has 3 heteroatoms. The minimum absolute atomic E-state index is 0.944. The zero-order valence-electron chi connectivity index (χ0n) is 12.2. The molecule has 0 atom stereocenters. The lowest BCUT2D eigenvalue weighted by molar-refractivity contribution is 0.673. The highest BCUT2D eigenvalue weighted by atomic mass is 15.2. The molecule has 2 rings (SSSR count). The first-order chi connectivity index (χ1) is 9.33. The Balaban J connectivity index is 2.12. The van der Waals surface area contributed by atoms with E-state index in [9.17, 15) is 0 Å². The summed E-state index contributed by atoms with van der Waals surface area (Å²) in [5.41, 5.74) is 2.55. The van der Waals surface area contributed by atoms with E-state index in [1.165, 1.54) is 17.7 Å². The van der Waals surface area contributed by atoms with Crippen molar-refractivity contribution in [2.45, 2.75) is 39.7 Å². The predicted molar refractivity (Wildman–Crippen MR) is 81.6 cm³/mol. The van der Waals surface area contributed by atoms with Crippen molar-refractivity contribution in [3.63, 3.8) is 0 Å². The molecule has 1 aromatic heterocycles. The van der Waals surface area contributed by atoms with E-state index in [1.807, 2.05) is 0 Å².